The number of rotatable bonds is 7. The van der Waals surface area contributed by atoms with Crippen LogP contribution in [-0.4, -0.2) is 37.3 Å². The summed E-state index contributed by atoms with van der Waals surface area (Å²) in [5.74, 6) is 0.633. The van der Waals surface area contributed by atoms with E-state index in [2.05, 4.69) is 31.4 Å². The molecule has 2 rings (SSSR count). The Labute approximate surface area is 151 Å². The van der Waals surface area contributed by atoms with Crippen LogP contribution in [0.5, 0.6) is 5.88 Å². The highest BCUT2D eigenvalue weighted by molar-refractivity contribution is 5.79. The smallest absolute Gasteiger partial charge is 0.422 e. The summed E-state index contributed by atoms with van der Waals surface area (Å²) in [4.78, 5) is 8.04. The second-order valence-corrected chi connectivity index (χ2v) is 6.12. The average molecular weight is 370 g/mol. The van der Waals surface area contributed by atoms with Crippen LogP contribution < -0.4 is 15.4 Å². The molecular formula is C18H25F3N4O. The van der Waals surface area contributed by atoms with Crippen LogP contribution in [0, 0.1) is 0 Å². The minimum absolute atomic E-state index is 0.0469. The Balaban J connectivity index is 1.71. The summed E-state index contributed by atoms with van der Waals surface area (Å²) < 4.78 is 40.9. The van der Waals surface area contributed by atoms with Crippen molar-refractivity contribution in [2.75, 3.05) is 20.2 Å². The maximum Gasteiger partial charge on any atom is 0.422 e. The number of alkyl halides is 3. The number of allylic oxidation sites excluding steroid dienone is 1. The van der Waals surface area contributed by atoms with Crippen LogP contribution in [0.3, 0.4) is 0 Å². The summed E-state index contributed by atoms with van der Waals surface area (Å²) >= 11 is 0. The van der Waals surface area contributed by atoms with Crippen LogP contribution in [0.15, 0.2) is 35.0 Å². The molecule has 0 aliphatic heterocycles. The number of nitrogens with zero attached hydrogens (tertiary/aromatic N) is 2. The molecule has 0 fully saturated rings. The highest BCUT2D eigenvalue weighted by Gasteiger charge is 2.28. The van der Waals surface area contributed by atoms with Gasteiger partial charge in [-0.15, -0.1) is 0 Å². The number of hydrogen-bond donors (Lipinski definition) is 2. The summed E-state index contributed by atoms with van der Waals surface area (Å²) in [5.41, 5.74) is 2.32. The Morgan fingerprint density at radius 2 is 2.12 bits per heavy atom. The fraction of sp³-hybridized carbons (Fsp3) is 0.556. The van der Waals surface area contributed by atoms with E-state index < -0.39 is 12.8 Å². The van der Waals surface area contributed by atoms with Crippen molar-refractivity contribution in [2.45, 2.75) is 44.8 Å². The molecule has 0 aromatic carbocycles. The fourth-order valence-corrected chi connectivity index (χ4v) is 2.64. The molecule has 5 nitrogen and oxygen atoms in total. The minimum atomic E-state index is -4.37. The maximum atomic E-state index is 12.1. The number of aliphatic imine (C=N–C) groups is 1. The van der Waals surface area contributed by atoms with Crippen molar-refractivity contribution in [3.8, 4) is 5.88 Å². The average Bonchev–Trinajstić information content (AvgIpc) is 2.64. The lowest BCUT2D eigenvalue weighted by molar-refractivity contribution is -0.154. The van der Waals surface area contributed by atoms with Crippen LogP contribution in [-0.2, 0) is 6.54 Å². The normalized spacial score (nSPS) is 15.4. The molecule has 144 valence electrons. The lowest BCUT2D eigenvalue weighted by atomic mass is 9.97. The molecule has 1 aliphatic rings. The summed E-state index contributed by atoms with van der Waals surface area (Å²) in [6.07, 6.45) is 5.37. The van der Waals surface area contributed by atoms with Crippen LogP contribution in [0.25, 0.3) is 0 Å². The molecule has 1 heterocycles. The van der Waals surface area contributed by atoms with Crippen molar-refractivity contribution in [1.29, 1.82) is 0 Å². The topological polar surface area (TPSA) is 58.5 Å². The highest BCUT2D eigenvalue weighted by atomic mass is 19.4. The van der Waals surface area contributed by atoms with Gasteiger partial charge in [-0.05, 0) is 37.7 Å². The molecular weight excluding hydrogens is 345 g/mol. The SMILES string of the molecule is CN=C(NCCC1=CCCCC1)NCc1ccc(OCC(F)(F)F)nc1. The first-order valence-electron chi connectivity index (χ1n) is 8.73. The molecule has 0 radical (unpaired) electrons. The van der Waals surface area contributed by atoms with Crippen LogP contribution in [0.4, 0.5) is 13.2 Å². The Kier molecular flexibility index (Phi) is 7.74. The number of nitrogens with one attached hydrogen (secondary N) is 2. The third-order valence-electron chi connectivity index (χ3n) is 3.99. The van der Waals surface area contributed by atoms with Crippen molar-refractivity contribution in [3.05, 3.63) is 35.5 Å². The molecule has 1 aliphatic carbocycles. The Hall–Kier alpha value is -2.25. The second-order valence-electron chi connectivity index (χ2n) is 6.12. The number of pyridine rings is 1. The van der Waals surface area contributed by atoms with E-state index in [9.17, 15) is 13.2 Å². The second kappa shape index (κ2) is 10.0. The molecule has 8 heteroatoms. The zero-order valence-electron chi connectivity index (χ0n) is 14.9. The van der Waals surface area contributed by atoms with E-state index in [0.29, 0.717) is 12.5 Å². The molecule has 1 aromatic rings. The maximum absolute atomic E-state index is 12.1. The Morgan fingerprint density at radius 3 is 2.73 bits per heavy atom. The molecule has 0 unspecified atom stereocenters. The van der Waals surface area contributed by atoms with E-state index in [1.165, 1.54) is 43.5 Å². The van der Waals surface area contributed by atoms with E-state index in [1.807, 2.05) is 0 Å². The van der Waals surface area contributed by atoms with E-state index in [-0.39, 0.29) is 5.88 Å². The van der Waals surface area contributed by atoms with Crippen molar-refractivity contribution >= 4 is 5.96 Å². The van der Waals surface area contributed by atoms with Gasteiger partial charge in [0.05, 0.1) is 0 Å². The van der Waals surface area contributed by atoms with Gasteiger partial charge in [0.1, 0.15) is 0 Å². The van der Waals surface area contributed by atoms with Crippen LogP contribution in [0.2, 0.25) is 0 Å². The van der Waals surface area contributed by atoms with Gasteiger partial charge in [-0.2, -0.15) is 13.2 Å². The third kappa shape index (κ3) is 7.76. The first-order chi connectivity index (χ1) is 12.5. The first-order valence-corrected chi connectivity index (χ1v) is 8.73. The lowest BCUT2D eigenvalue weighted by Gasteiger charge is -2.15. The van der Waals surface area contributed by atoms with Gasteiger partial charge in [0.25, 0.3) is 0 Å². The van der Waals surface area contributed by atoms with Crippen LogP contribution >= 0.6 is 0 Å². The molecule has 2 N–H and O–H groups in total. The van der Waals surface area contributed by atoms with Gasteiger partial charge < -0.3 is 15.4 Å². The third-order valence-corrected chi connectivity index (χ3v) is 3.99. The molecule has 0 saturated carbocycles. The van der Waals surface area contributed by atoms with Crippen molar-refractivity contribution in [3.63, 3.8) is 0 Å². The van der Waals surface area contributed by atoms with Gasteiger partial charge in [-0.3, -0.25) is 4.99 Å². The summed E-state index contributed by atoms with van der Waals surface area (Å²) in [6.45, 7) is -0.0620. The minimum Gasteiger partial charge on any atom is -0.468 e. The fourth-order valence-electron chi connectivity index (χ4n) is 2.64. The predicted octanol–water partition coefficient (Wildman–Crippen LogP) is 3.58. The molecule has 0 spiro atoms. The molecule has 26 heavy (non-hydrogen) atoms. The molecule has 0 bridgehead atoms. The Bertz CT molecular complexity index is 612. The van der Waals surface area contributed by atoms with Gasteiger partial charge >= 0.3 is 6.18 Å². The molecule has 0 atom stereocenters. The first kappa shape index (κ1) is 20.1. The van der Waals surface area contributed by atoms with Crippen LogP contribution in [0.1, 0.15) is 37.7 Å². The lowest BCUT2D eigenvalue weighted by Crippen LogP contribution is -2.37. The zero-order valence-corrected chi connectivity index (χ0v) is 14.9. The highest BCUT2D eigenvalue weighted by Crippen LogP contribution is 2.19. The molecule has 1 aromatic heterocycles. The van der Waals surface area contributed by atoms with Crippen molar-refractivity contribution in [1.82, 2.24) is 15.6 Å². The van der Waals surface area contributed by atoms with Crippen molar-refractivity contribution < 1.29 is 17.9 Å². The number of ether oxygens (including phenoxy) is 1. The van der Waals surface area contributed by atoms with E-state index in [4.69, 9.17) is 0 Å². The Morgan fingerprint density at radius 1 is 1.27 bits per heavy atom. The number of hydrogen-bond acceptors (Lipinski definition) is 3. The van der Waals surface area contributed by atoms with Gasteiger partial charge in [-0.1, -0.05) is 17.7 Å². The summed E-state index contributed by atoms with van der Waals surface area (Å²) in [5, 5.41) is 6.42. The van der Waals surface area contributed by atoms with E-state index in [1.54, 1.807) is 13.1 Å². The zero-order chi connectivity index (χ0) is 18.8. The standard InChI is InChI=1S/C18H25F3N4O/c1-22-17(23-10-9-14-5-3-2-4-6-14)25-12-15-7-8-16(24-11-15)26-13-18(19,20)21/h5,7-8,11H,2-4,6,9-10,12-13H2,1H3,(H2,22,23,25). The predicted molar refractivity (Wildman–Crippen MR) is 95.2 cm³/mol. The van der Waals surface area contributed by atoms with Gasteiger partial charge in [0.2, 0.25) is 5.88 Å². The summed E-state index contributed by atoms with van der Waals surface area (Å²) in [7, 11) is 1.70. The van der Waals surface area contributed by atoms with E-state index >= 15 is 0 Å². The molecule has 0 amide bonds. The van der Waals surface area contributed by atoms with E-state index in [0.717, 1.165) is 18.5 Å². The van der Waals surface area contributed by atoms with Crippen molar-refractivity contribution in [2.24, 2.45) is 4.99 Å². The quantitative estimate of drug-likeness (QED) is 0.438. The number of aromatic nitrogens is 1. The number of guanidine groups is 1. The largest absolute Gasteiger partial charge is 0.468 e. The van der Waals surface area contributed by atoms with Gasteiger partial charge in [0, 0.05) is 32.4 Å². The van der Waals surface area contributed by atoms with Gasteiger partial charge in [0.15, 0.2) is 12.6 Å². The molecule has 0 saturated heterocycles. The monoisotopic (exact) mass is 370 g/mol. The summed E-state index contributed by atoms with van der Waals surface area (Å²) in [6, 6.07) is 3.10. The number of halogens is 3. The van der Waals surface area contributed by atoms with Gasteiger partial charge in [-0.25, -0.2) is 4.98 Å².